The number of halogens is 1. The van der Waals surface area contributed by atoms with Crippen molar-refractivity contribution in [2.75, 3.05) is 36.4 Å². The van der Waals surface area contributed by atoms with Crippen LogP contribution in [0.1, 0.15) is 10.4 Å². The number of piperazine rings is 1. The van der Waals surface area contributed by atoms with Gasteiger partial charge in [-0.1, -0.05) is 35.9 Å². The Kier molecular flexibility index (Phi) is 4.98. The van der Waals surface area contributed by atoms with Gasteiger partial charge in [0.25, 0.3) is 5.91 Å². The van der Waals surface area contributed by atoms with Gasteiger partial charge in [-0.25, -0.2) is 0 Å². The van der Waals surface area contributed by atoms with E-state index in [2.05, 4.69) is 20.4 Å². The lowest BCUT2D eigenvalue weighted by Crippen LogP contribution is -2.49. The number of anilines is 3. The van der Waals surface area contributed by atoms with Gasteiger partial charge in [-0.2, -0.15) is 5.10 Å². The Labute approximate surface area is 162 Å². The summed E-state index contributed by atoms with van der Waals surface area (Å²) in [6.45, 7) is 2.82. The van der Waals surface area contributed by atoms with Crippen molar-refractivity contribution < 1.29 is 4.79 Å². The Morgan fingerprint density at radius 1 is 1.04 bits per heavy atom. The summed E-state index contributed by atoms with van der Waals surface area (Å²) in [6.07, 6.45) is 1.76. The molecule has 0 saturated carbocycles. The minimum atomic E-state index is 0.0807. The van der Waals surface area contributed by atoms with E-state index in [-0.39, 0.29) is 5.91 Å². The van der Waals surface area contributed by atoms with Gasteiger partial charge in [-0.05, 0) is 30.3 Å². The number of amides is 1. The minimum absolute atomic E-state index is 0.0807. The predicted octanol–water partition coefficient (Wildman–Crippen LogP) is 3.77. The molecule has 0 radical (unpaired) electrons. The summed E-state index contributed by atoms with van der Waals surface area (Å²) in [5.41, 5.74) is 2.53. The highest BCUT2D eigenvalue weighted by Crippen LogP contribution is 2.28. The first-order valence-corrected chi connectivity index (χ1v) is 9.24. The Morgan fingerprint density at radius 3 is 2.56 bits per heavy atom. The molecule has 1 fully saturated rings. The van der Waals surface area contributed by atoms with E-state index < -0.39 is 0 Å². The van der Waals surface area contributed by atoms with E-state index in [1.54, 1.807) is 6.20 Å². The smallest absolute Gasteiger partial charge is 0.253 e. The van der Waals surface area contributed by atoms with Gasteiger partial charge >= 0.3 is 0 Å². The van der Waals surface area contributed by atoms with Gasteiger partial charge in [-0.3, -0.25) is 9.89 Å². The third-order valence-electron chi connectivity index (χ3n) is 4.63. The zero-order valence-corrected chi connectivity index (χ0v) is 15.5. The van der Waals surface area contributed by atoms with Crippen LogP contribution in [0, 0.1) is 0 Å². The van der Waals surface area contributed by atoms with Crippen LogP contribution in [0.15, 0.2) is 60.8 Å². The molecule has 1 aliphatic heterocycles. The standard InChI is InChI=1S/C20H20ClN5O/c21-16-7-4-8-17(13-16)23-18-14-22-24-19(18)25-9-11-26(12-10-25)20(27)15-5-2-1-3-6-15/h1-8,13-14,23H,9-12H2,(H,22,24). The van der Waals surface area contributed by atoms with E-state index in [1.807, 2.05) is 59.5 Å². The lowest BCUT2D eigenvalue weighted by atomic mass is 10.2. The Bertz CT molecular complexity index is 919. The summed E-state index contributed by atoms with van der Waals surface area (Å²) in [6, 6.07) is 17.0. The molecule has 2 heterocycles. The lowest BCUT2D eigenvalue weighted by molar-refractivity contribution is 0.0746. The third kappa shape index (κ3) is 3.90. The first-order valence-electron chi connectivity index (χ1n) is 8.86. The minimum Gasteiger partial charge on any atom is -0.352 e. The molecule has 3 aromatic rings. The second kappa shape index (κ2) is 7.72. The van der Waals surface area contributed by atoms with Gasteiger partial charge in [0.05, 0.1) is 6.20 Å². The van der Waals surface area contributed by atoms with E-state index >= 15 is 0 Å². The number of H-pyrrole nitrogens is 1. The molecule has 0 aliphatic carbocycles. The molecule has 138 valence electrons. The number of aromatic nitrogens is 2. The molecular weight excluding hydrogens is 362 g/mol. The van der Waals surface area contributed by atoms with Gasteiger partial charge in [0.2, 0.25) is 0 Å². The lowest BCUT2D eigenvalue weighted by Gasteiger charge is -2.35. The molecule has 0 bridgehead atoms. The summed E-state index contributed by atoms with van der Waals surface area (Å²) in [5, 5.41) is 11.3. The van der Waals surface area contributed by atoms with Crippen molar-refractivity contribution in [1.29, 1.82) is 0 Å². The molecule has 4 rings (SSSR count). The fraction of sp³-hybridized carbons (Fsp3) is 0.200. The van der Waals surface area contributed by atoms with E-state index in [0.717, 1.165) is 35.8 Å². The fourth-order valence-corrected chi connectivity index (χ4v) is 3.42. The van der Waals surface area contributed by atoms with Gasteiger partial charge < -0.3 is 15.1 Å². The number of hydrogen-bond acceptors (Lipinski definition) is 4. The number of carbonyl (C=O) groups excluding carboxylic acids is 1. The number of hydrogen-bond donors (Lipinski definition) is 2. The average Bonchev–Trinajstić information content (AvgIpc) is 3.16. The van der Waals surface area contributed by atoms with Crippen molar-refractivity contribution in [3.63, 3.8) is 0 Å². The highest BCUT2D eigenvalue weighted by molar-refractivity contribution is 6.30. The van der Waals surface area contributed by atoms with Crippen LogP contribution in [0.2, 0.25) is 5.02 Å². The molecule has 6 nitrogen and oxygen atoms in total. The molecule has 0 atom stereocenters. The maximum absolute atomic E-state index is 12.6. The number of carbonyl (C=O) groups is 1. The molecule has 2 N–H and O–H groups in total. The summed E-state index contributed by atoms with van der Waals surface area (Å²) >= 11 is 6.06. The summed E-state index contributed by atoms with van der Waals surface area (Å²) in [5.74, 6) is 0.999. The van der Waals surface area contributed by atoms with Crippen LogP contribution in [-0.2, 0) is 0 Å². The van der Waals surface area contributed by atoms with Crippen LogP contribution >= 0.6 is 11.6 Å². The van der Waals surface area contributed by atoms with E-state index in [4.69, 9.17) is 11.6 Å². The fourth-order valence-electron chi connectivity index (χ4n) is 3.23. The molecule has 1 aliphatic rings. The monoisotopic (exact) mass is 381 g/mol. The number of benzene rings is 2. The van der Waals surface area contributed by atoms with Crippen molar-refractivity contribution in [2.45, 2.75) is 0 Å². The highest BCUT2D eigenvalue weighted by atomic mass is 35.5. The number of nitrogens with one attached hydrogen (secondary N) is 2. The normalized spacial score (nSPS) is 14.3. The summed E-state index contributed by atoms with van der Waals surface area (Å²) in [4.78, 5) is 16.7. The van der Waals surface area contributed by atoms with Crippen LogP contribution in [0.4, 0.5) is 17.2 Å². The van der Waals surface area contributed by atoms with Gasteiger partial charge in [0.1, 0.15) is 11.5 Å². The summed E-state index contributed by atoms with van der Waals surface area (Å²) < 4.78 is 0. The number of nitrogens with zero attached hydrogens (tertiary/aromatic N) is 3. The third-order valence-corrected chi connectivity index (χ3v) is 4.86. The SMILES string of the molecule is O=C(c1ccccc1)N1CCN(c2[nH]ncc2Nc2cccc(Cl)c2)CC1. The Balaban J connectivity index is 1.42. The number of rotatable bonds is 4. The van der Waals surface area contributed by atoms with E-state index in [9.17, 15) is 4.79 Å². The highest BCUT2D eigenvalue weighted by Gasteiger charge is 2.24. The molecule has 1 amide bonds. The van der Waals surface area contributed by atoms with Crippen LogP contribution in [0.3, 0.4) is 0 Å². The van der Waals surface area contributed by atoms with Crippen molar-refractivity contribution in [3.05, 3.63) is 71.4 Å². The topological polar surface area (TPSA) is 64.3 Å². The molecular formula is C20H20ClN5O. The second-order valence-electron chi connectivity index (χ2n) is 6.41. The van der Waals surface area contributed by atoms with Gasteiger partial charge in [-0.15, -0.1) is 0 Å². The predicted molar refractivity (Wildman–Crippen MR) is 108 cm³/mol. The molecule has 1 saturated heterocycles. The maximum atomic E-state index is 12.6. The first kappa shape index (κ1) is 17.4. The molecule has 1 aromatic heterocycles. The van der Waals surface area contributed by atoms with Crippen molar-refractivity contribution in [3.8, 4) is 0 Å². The molecule has 2 aromatic carbocycles. The largest absolute Gasteiger partial charge is 0.352 e. The summed E-state index contributed by atoms with van der Waals surface area (Å²) in [7, 11) is 0. The second-order valence-corrected chi connectivity index (χ2v) is 6.85. The molecule has 0 unspecified atom stereocenters. The molecule has 0 spiro atoms. The molecule has 7 heteroatoms. The first-order chi connectivity index (χ1) is 13.2. The van der Waals surface area contributed by atoms with Crippen LogP contribution in [0.5, 0.6) is 0 Å². The average molecular weight is 382 g/mol. The van der Waals surface area contributed by atoms with Crippen LogP contribution in [-0.4, -0.2) is 47.2 Å². The Hall–Kier alpha value is -2.99. The van der Waals surface area contributed by atoms with Gasteiger partial charge in [0.15, 0.2) is 0 Å². The van der Waals surface area contributed by atoms with E-state index in [0.29, 0.717) is 18.1 Å². The Morgan fingerprint density at radius 2 is 1.81 bits per heavy atom. The van der Waals surface area contributed by atoms with Crippen LogP contribution in [0.25, 0.3) is 0 Å². The maximum Gasteiger partial charge on any atom is 0.253 e. The quantitative estimate of drug-likeness (QED) is 0.722. The zero-order chi connectivity index (χ0) is 18.6. The van der Waals surface area contributed by atoms with Gasteiger partial charge in [0, 0.05) is 42.5 Å². The van der Waals surface area contributed by atoms with Crippen LogP contribution < -0.4 is 10.2 Å². The van der Waals surface area contributed by atoms with Crippen molar-refractivity contribution in [2.24, 2.45) is 0 Å². The van der Waals surface area contributed by atoms with E-state index in [1.165, 1.54) is 0 Å². The van der Waals surface area contributed by atoms with Crippen molar-refractivity contribution >= 4 is 34.7 Å². The zero-order valence-electron chi connectivity index (χ0n) is 14.7. The molecule has 27 heavy (non-hydrogen) atoms. The number of aromatic amines is 1. The van der Waals surface area contributed by atoms with Crippen molar-refractivity contribution in [1.82, 2.24) is 15.1 Å².